The van der Waals surface area contributed by atoms with E-state index in [1.54, 1.807) is 0 Å². The Morgan fingerprint density at radius 1 is 1.33 bits per heavy atom. The number of carbonyl (C=O) groups is 1. The Morgan fingerprint density at radius 2 is 1.83 bits per heavy atom. The lowest BCUT2D eigenvalue weighted by Crippen LogP contribution is -2.56. The highest BCUT2D eigenvalue weighted by Gasteiger charge is 2.55. The van der Waals surface area contributed by atoms with Gasteiger partial charge in [-0.25, -0.2) is 4.79 Å². The van der Waals surface area contributed by atoms with Crippen LogP contribution in [0.1, 0.15) is 45.4 Å². The minimum atomic E-state index is -0.981. The van der Waals surface area contributed by atoms with Gasteiger partial charge in [-0.3, -0.25) is 0 Å². The first-order valence-electron chi connectivity index (χ1n) is 7.06. The van der Waals surface area contributed by atoms with Crippen molar-refractivity contribution in [2.45, 2.75) is 51.0 Å². The molecular formula is C15H24O3. The second-order valence-electron chi connectivity index (χ2n) is 6.27. The summed E-state index contributed by atoms with van der Waals surface area (Å²) in [5.74, 6) is 2.29. The van der Waals surface area contributed by atoms with Gasteiger partial charge in [-0.15, -0.1) is 0 Å². The van der Waals surface area contributed by atoms with E-state index in [9.17, 15) is 9.90 Å². The molecule has 4 rings (SSSR count). The van der Waals surface area contributed by atoms with Gasteiger partial charge in [0.25, 0.3) is 0 Å². The molecule has 0 aliphatic heterocycles. The van der Waals surface area contributed by atoms with E-state index in [0.717, 1.165) is 36.7 Å². The van der Waals surface area contributed by atoms with Crippen molar-refractivity contribution in [2.75, 3.05) is 0 Å². The van der Waals surface area contributed by atoms with Crippen molar-refractivity contribution in [3.05, 3.63) is 12.7 Å². The zero-order valence-electron chi connectivity index (χ0n) is 11.1. The molecule has 4 saturated carbocycles. The predicted octanol–water partition coefficient (Wildman–Crippen LogP) is 2.84. The van der Waals surface area contributed by atoms with Crippen LogP contribution in [-0.2, 0) is 4.79 Å². The van der Waals surface area contributed by atoms with E-state index in [2.05, 4.69) is 13.5 Å². The van der Waals surface area contributed by atoms with E-state index in [1.807, 2.05) is 0 Å². The average molecular weight is 252 g/mol. The summed E-state index contributed by atoms with van der Waals surface area (Å²) in [5.41, 5.74) is -0.233. The maximum atomic E-state index is 10.6. The smallest absolute Gasteiger partial charge is 0.327 e. The van der Waals surface area contributed by atoms with Gasteiger partial charge in [0.1, 0.15) is 0 Å². The molecule has 3 unspecified atom stereocenters. The molecule has 4 fully saturated rings. The highest BCUT2D eigenvalue weighted by atomic mass is 16.4. The van der Waals surface area contributed by atoms with E-state index in [4.69, 9.17) is 5.11 Å². The number of carboxylic acids is 1. The molecule has 3 atom stereocenters. The molecule has 18 heavy (non-hydrogen) atoms. The Bertz CT molecular complexity index is 323. The van der Waals surface area contributed by atoms with E-state index in [0.29, 0.717) is 5.92 Å². The summed E-state index contributed by atoms with van der Waals surface area (Å²) in [4.78, 5) is 9.25. The minimum Gasteiger partial charge on any atom is -0.478 e. The third kappa shape index (κ3) is 2.46. The van der Waals surface area contributed by atoms with Crippen LogP contribution in [0.4, 0.5) is 0 Å². The molecule has 3 nitrogen and oxygen atoms in total. The molecule has 0 radical (unpaired) electrons. The van der Waals surface area contributed by atoms with Crippen molar-refractivity contribution in [3.63, 3.8) is 0 Å². The van der Waals surface area contributed by atoms with Crippen molar-refractivity contribution >= 4 is 5.97 Å². The Hall–Kier alpha value is -0.830. The van der Waals surface area contributed by atoms with Gasteiger partial charge in [0.15, 0.2) is 0 Å². The van der Waals surface area contributed by atoms with Gasteiger partial charge in [-0.05, 0) is 55.8 Å². The summed E-state index contributed by atoms with van der Waals surface area (Å²) in [5, 5.41) is 18.2. The standard InChI is InChI=1S/C12H20O.C3H4O2/c1-2-11-10-4-8-3-9(5-10)7-12(11,13)6-8;1-2-3(4)5/h8-11,13H,2-7H2,1H3;2H,1H2,(H,4,5). The molecule has 102 valence electrons. The molecule has 2 N–H and O–H groups in total. The van der Waals surface area contributed by atoms with Crippen molar-refractivity contribution < 1.29 is 15.0 Å². The van der Waals surface area contributed by atoms with Crippen LogP contribution >= 0.6 is 0 Å². The van der Waals surface area contributed by atoms with Crippen LogP contribution in [0.2, 0.25) is 0 Å². The number of carboxylic acid groups (broad SMARTS) is 1. The summed E-state index contributed by atoms with van der Waals surface area (Å²) in [6, 6.07) is 0. The topological polar surface area (TPSA) is 57.5 Å². The fourth-order valence-corrected chi connectivity index (χ4v) is 4.82. The number of aliphatic hydroxyl groups is 1. The number of hydrogen-bond acceptors (Lipinski definition) is 2. The first-order chi connectivity index (χ1) is 8.48. The van der Waals surface area contributed by atoms with E-state index in [-0.39, 0.29) is 5.60 Å². The monoisotopic (exact) mass is 252 g/mol. The third-order valence-electron chi connectivity index (χ3n) is 5.10. The van der Waals surface area contributed by atoms with Crippen LogP contribution in [0.3, 0.4) is 0 Å². The summed E-state index contributed by atoms with van der Waals surface area (Å²) >= 11 is 0. The predicted molar refractivity (Wildman–Crippen MR) is 70.1 cm³/mol. The Labute approximate surface area is 109 Å². The fraction of sp³-hybridized carbons (Fsp3) is 0.800. The summed E-state index contributed by atoms with van der Waals surface area (Å²) < 4.78 is 0. The van der Waals surface area contributed by atoms with Gasteiger partial charge in [0.2, 0.25) is 0 Å². The highest BCUT2D eigenvalue weighted by Crippen LogP contribution is 2.59. The van der Waals surface area contributed by atoms with Gasteiger partial charge in [0.05, 0.1) is 5.60 Å². The highest BCUT2D eigenvalue weighted by molar-refractivity contribution is 5.78. The molecule has 0 heterocycles. The molecule has 0 saturated heterocycles. The van der Waals surface area contributed by atoms with E-state index < -0.39 is 5.97 Å². The van der Waals surface area contributed by atoms with Gasteiger partial charge >= 0.3 is 5.97 Å². The quantitative estimate of drug-likeness (QED) is 0.743. The lowest BCUT2D eigenvalue weighted by Gasteiger charge is -2.59. The van der Waals surface area contributed by atoms with Crippen molar-refractivity contribution in [2.24, 2.45) is 23.7 Å². The zero-order valence-corrected chi connectivity index (χ0v) is 11.1. The Balaban J connectivity index is 0.000000209. The lowest BCUT2D eigenvalue weighted by atomic mass is 9.49. The maximum absolute atomic E-state index is 10.6. The molecular weight excluding hydrogens is 228 g/mol. The van der Waals surface area contributed by atoms with Gasteiger partial charge in [0, 0.05) is 6.08 Å². The van der Waals surface area contributed by atoms with Crippen LogP contribution in [0.5, 0.6) is 0 Å². The summed E-state index contributed by atoms with van der Waals surface area (Å²) in [7, 11) is 0. The van der Waals surface area contributed by atoms with Gasteiger partial charge in [-0.2, -0.15) is 0 Å². The largest absolute Gasteiger partial charge is 0.478 e. The summed E-state index contributed by atoms with van der Waals surface area (Å²) in [6.07, 6.45) is 8.56. The second kappa shape index (κ2) is 5.04. The van der Waals surface area contributed by atoms with Crippen LogP contribution in [0, 0.1) is 23.7 Å². The molecule has 4 bridgehead atoms. The van der Waals surface area contributed by atoms with Gasteiger partial charge in [-0.1, -0.05) is 19.9 Å². The van der Waals surface area contributed by atoms with E-state index >= 15 is 0 Å². The summed E-state index contributed by atoms with van der Waals surface area (Å²) in [6.45, 7) is 5.22. The van der Waals surface area contributed by atoms with Crippen LogP contribution < -0.4 is 0 Å². The first kappa shape index (κ1) is 13.6. The normalized spacial score (nSPS) is 44.1. The number of hydrogen-bond donors (Lipinski definition) is 2. The lowest BCUT2D eigenvalue weighted by molar-refractivity contribution is -0.171. The van der Waals surface area contributed by atoms with Crippen molar-refractivity contribution in [1.82, 2.24) is 0 Å². The number of rotatable bonds is 2. The van der Waals surface area contributed by atoms with Crippen LogP contribution in [0.15, 0.2) is 12.7 Å². The van der Waals surface area contributed by atoms with E-state index in [1.165, 1.54) is 25.7 Å². The maximum Gasteiger partial charge on any atom is 0.327 e. The molecule has 0 spiro atoms. The molecule has 0 amide bonds. The Morgan fingerprint density at radius 3 is 2.17 bits per heavy atom. The molecule has 0 aromatic carbocycles. The van der Waals surface area contributed by atoms with Crippen LogP contribution in [0.25, 0.3) is 0 Å². The SMILES string of the molecule is C=CC(=O)O.CCC1C2CC3CC(C2)CC1(O)C3. The molecule has 0 aromatic rings. The van der Waals surface area contributed by atoms with Crippen molar-refractivity contribution in [1.29, 1.82) is 0 Å². The zero-order chi connectivity index (χ0) is 13.3. The average Bonchev–Trinajstić information content (AvgIpc) is 2.27. The number of aliphatic carboxylic acids is 1. The first-order valence-corrected chi connectivity index (χ1v) is 7.06. The molecule has 0 aromatic heterocycles. The fourth-order valence-electron chi connectivity index (χ4n) is 4.82. The van der Waals surface area contributed by atoms with Crippen molar-refractivity contribution in [3.8, 4) is 0 Å². The Kier molecular flexibility index (Phi) is 3.81. The minimum absolute atomic E-state index is 0.233. The second-order valence-corrected chi connectivity index (χ2v) is 6.27. The van der Waals surface area contributed by atoms with Gasteiger partial charge < -0.3 is 10.2 Å². The molecule has 3 heteroatoms. The molecule has 4 aliphatic carbocycles. The van der Waals surface area contributed by atoms with Crippen LogP contribution in [-0.4, -0.2) is 21.8 Å². The third-order valence-corrected chi connectivity index (χ3v) is 5.10. The molecule has 4 aliphatic rings.